The maximum atomic E-state index is 13.3. The lowest BCUT2D eigenvalue weighted by Gasteiger charge is -2.28. The number of rotatable bonds is 12. The van der Waals surface area contributed by atoms with Crippen LogP contribution in [0.15, 0.2) is 77.7 Å². The summed E-state index contributed by atoms with van der Waals surface area (Å²) >= 11 is 3.20. The molecule has 9 heteroatoms. The number of thiophene rings is 1. The van der Waals surface area contributed by atoms with Gasteiger partial charge in [-0.25, -0.2) is 0 Å². The topological polar surface area (TPSA) is 99.3 Å². The molecule has 0 spiro atoms. The third kappa shape index (κ3) is 8.05. The summed E-state index contributed by atoms with van der Waals surface area (Å²) in [4.78, 5) is 41.3. The van der Waals surface area contributed by atoms with Crippen LogP contribution in [0.5, 0.6) is 0 Å². The number of carbonyl (C=O) groups excluding carboxylic acids is 3. The molecule has 0 saturated carbocycles. The normalized spacial score (nSPS) is 17.1. The van der Waals surface area contributed by atoms with Crippen LogP contribution in [0.2, 0.25) is 0 Å². The molecule has 4 N–H and O–H groups in total. The zero-order valence-corrected chi connectivity index (χ0v) is 23.8. The molecule has 0 radical (unpaired) electrons. The molecule has 4 rings (SSSR count). The first-order valence-corrected chi connectivity index (χ1v) is 14.6. The highest BCUT2D eigenvalue weighted by Gasteiger charge is 2.44. The van der Waals surface area contributed by atoms with E-state index in [1.807, 2.05) is 67.6 Å². The smallest absolute Gasteiger partial charge is 0.246 e. The zero-order chi connectivity index (χ0) is 27.7. The van der Waals surface area contributed by atoms with E-state index >= 15 is 0 Å². The zero-order valence-electron chi connectivity index (χ0n) is 22.2. The van der Waals surface area contributed by atoms with Crippen molar-refractivity contribution in [2.75, 3.05) is 6.54 Å². The summed E-state index contributed by atoms with van der Waals surface area (Å²) in [5.74, 6) is -0.769. The minimum atomic E-state index is -1.07. The number of benzene rings is 2. The van der Waals surface area contributed by atoms with Crippen molar-refractivity contribution in [3.63, 3.8) is 0 Å². The molecule has 1 fully saturated rings. The van der Waals surface area contributed by atoms with Gasteiger partial charge in [0.15, 0.2) is 0 Å². The van der Waals surface area contributed by atoms with Crippen LogP contribution >= 0.6 is 23.3 Å². The van der Waals surface area contributed by atoms with Crippen molar-refractivity contribution in [3.05, 3.63) is 93.7 Å². The van der Waals surface area contributed by atoms with Gasteiger partial charge in [0.1, 0.15) is 5.54 Å². The number of hydrogen-bond donors (Lipinski definition) is 4. The molecule has 7 nitrogen and oxygen atoms in total. The number of amides is 3. The highest BCUT2D eigenvalue weighted by Crippen LogP contribution is 2.26. The van der Waals surface area contributed by atoms with Crippen molar-refractivity contribution in [2.45, 2.75) is 56.6 Å². The summed E-state index contributed by atoms with van der Waals surface area (Å²) in [5, 5.41) is 8.51. The lowest BCUT2D eigenvalue weighted by Crippen LogP contribution is -2.57. The molecule has 3 aromatic rings. The predicted octanol–water partition coefficient (Wildman–Crippen LogP) is 4.59. The fourth-order valence-corrected chi connectivity index (χ4v) is 6.07. The maximum absolute atomic E-state index is 13.3. The first-order valence-electron chi connectivity index (χ1n) is 13.0. The molecule has 0 bridgehead atoms. The molecule has 1 saturated heterocycles. The fraction of sp³-hybridized carbons (Fsp3) is 0.300. The monoisotopic (exact) mass is 562 g/mol. The largest absolute Gasteiger partial charge is 0.350 e. The van der Waals surface area contributed by atoms with E-state index in [1.54, 1.807) is 23.3 Å². The van der Waals surface area contributed by atoms with Gasteiger partial charge in [0.05, 0.1) is 13.1 Å². The van der Waals surface area contributed by atoms with Crippen molar-refractivity contribution >= 4 is 46.6 Å². The Morgan fingerprint density at radius 3 is 2.56 bits per heavy atom. The Morgan fingerprint density at radius 2 is 1.82 bits per heavy atom. The summed E-state index contributed by atoms with van der Waals surface area (Å²) in [5.41, 5.74) is 2.15. The van der Waals surface area contributed by atoms with Crippen LogP contribution in [0.1, 0.15) is 47.6 Å². The van der Waals surface area contributed by atoms with Gasteiger partial charge in [-0.05, 0) is 73.2 Å². The Balaban J connectivity index is 1.31. The lowest BCUT2D eigenvalue weighted by molar-refractivity contribution is -0.131. The molecule has 1 aliphatic rings. The van der Waals surface area contributed by atoms with Crippen molar-refractivity contribution in [2.24, 2.45) is 0 Å². The molecule has 39 heavy (non-hydrogen) atoms. The van der Waals surface area contributed by atoms with Gasteiger partial charge in [-0.1, -0.05) is 48.5 Å². The minimum absolute atomic E-state index is 0.150. The third-order valence-corrected chi connectivity index (χ3v) is 8.67. The van der Waals surface area contributed by atoms with E-state index in [-0.39, 0.29) is 30.7 Å². The van der Waals surface area contributed by atoms with Crippen molar-refractivity contribution in [1.82, 2.24) is 20.7 Å². The van der Waals surface area contributed by atoms with Gasteiger partial charge in [-0.15, -0.1) is 11.3 Å². The van der Waals surface area contributed by atoms with Gasteiger partial charge in [0.2, 0.25) is 17.7 Å². The Labute approximate surface area is 238 Å². The van der Waals surface area contributed by atoms with E-state index in [0.717, 1.165) is 20.9 Å². The molecule has 1 aliphatic heterocycles. The SMILES string of the molecule is C/C=C(\C)c1ccc(CNC(=O)CNC(=O)[C@]2(Cc3cccc(CNSc4ccccc4)c3)CCC(=O)N2)s1. The number of hydrogen-bond acceptors (Lipinski definition) is 6. The van der Waals surface area contributed by atoms with Gasteiger partial charge in [0.25, 0.3) is 0 Å². The summed E-state index contributed by atoms with van der Waals surface area (Å²) in [6, 6.07) is 22.1. The minimum Gasteiger partial charge on any atom is -0.350 e. The van der Waals surface area contributed by atoms with Gasteiger partial charge in [0, 0.05) is 34.0 Å². The highest BCUT2D eigenvalue weighted by molar-refractivity contribution is 7.97. The molecule has 1 atom stereocenters. The third-order valence-electron chi connectivity index (χ3n) is 6.65. The van der Waals surface area contributed by atoms with Crippen LogP contribution in [-0.2, 0) is 33.9 Å². The summed E-state index contributed by atoms with van der Waals surface area (Å²) in [6.45, 7) is 4.96. The molecule has 204 valence electrons. The molecule has 3 amide bonds. The fourth-order valence-electron chi connectivity index (χ4n) is 4.40. The lowest BCUT2D eigenvalue weighted by atomic mass is 9.87. The maximum Gasteiger partial charge on any atom is 0.246 e. The second kappa shape index (κ2) is 13.6. The first kappa shape index (κ1) is 28.6. The number of carbonyl (C=O) groups is 3. The van der Waals surface area contributed by atoms with Crippen LogP contribution in [0, 0.1) is 0 Å². The molecule has 2 heterocycles. The number of allylic oxidation sites excluding steroid dienone is 2. The van der Waals surface area contributed by atoms with Gasteiger partial charge >= 0.3 is 0 Å². The van der Waals surface area contributed by atoms with E-state index in [2.05, 4.69) is 39.7 Å². The van der Waals surface area contributed by atoms with Crippen LogP contribution in [0.4, 0.5) is 0 Å². The standard InChI is InChI=1S/C30H34N4O3S2/c1-3-21(2)26-13-12-25(38-26)19-31-28(36)20-32-29(37)30(15-14-27(35)34-30)17-22-8-7-9-23(16-22)18-33-39-24-10-5-4-6-11-24/h3-13,16,33H,14-15,17-20H2,1-2H3,(H,31,36)(H,32,37)(H,34,35)/b21-3+/t30-/m1/s1. The summed E-state index contributed by atoms with van der Waals surface area (Å²) < 4.78 is 3.37. The quantitative estimate of drug-likeness (QED) is 0.242. The molecule has 0 unspecified atom stereocenters. The second-order valence-corrected chi connectivity index (χ2v) is 11.7. The summed E-state index contributed by atoms with van der Waals surface area (Å²) in [7, 11) is 0. The molecular formula is C30H34N4O3S2. The molecule has 2 aromatic carbocycles. The average Bonchev–Trinajstić information content (AvgIpc) is 3.58. The van der Waals surface area contributed by atoms with E-state index < -0.39 is 5.54 Å². The van der Waals surface area contributed by atoms with Crippen LogP contribution in [-0.4, -0.2) is 29.8 Å². The Hall–Kier alpha value is -3.40. The summed E-state index contributed by atoms with van der Waals surface area (Å²) in [6.07, 6.45) is 3.07. The van der Waals surface area contributed by atoms with Crippen molar-refractivity contribution in [3.8, 4) is 0 Å². The molecule has 0 aliphatic carbocycles. The van der Waals surface area contributed by atoms with E-state index in [4.69, 9.17) is 0 Å². The van der Waals surface area contributed by atoms with Crippen molar-refractivity contribution < 1.29 is 14.4 Å². The Morgan fingerprint density at radius 1 is 1.03 bits per heavy atom. The van der Waals surface area contributed by atoms with E-state index in [0.29, 0.717) is 25.9 Å². The van der Waals surface area contributed by atoms with Gasteiger partial charge < -0.3 is 16.0 Å². The number of nitrogens with one attached hydrogen (secondary N) is 4. The average molecular weight is 563 g/mol. The second-order valence-electron chi connectivity index (χ2n) is 9.56. The van der Waals surface area contributed by atoms with E-state index in [9.17, 15) is 14.4 Å². The molecule has 1 aromatic heterocycles. The Kier molecular flexibility index (Phi) is 9.97. The van der Waals surface area contributed by atoms with E-state index in [1.165, 1.54) is 10.5 Å². The Bertz CT molecular complexity index is 1340. The molecular weight excluding hydrogens is 528 g/mol. The van der Waals surface area contributed by atoms with Gasteiger partial charge in [-0.2, -0.15) is 0 Å². The first-order chi connectivity index (χ1) is 18.9. The van der Waals surface area contributed by atoms with Gasteiger partial charge in [-0.3, -0.25) is 19.1 Å². The van der Waals surface area contributed by atoms with Crippen LogP contribution < -0.4 is 20.7 Å². The van der Waals surface area contributed by atoms with Crippen molar-refractivity contribution in [1.29, 1.82) is 0 Å². The van der Waals surface area contributed by atoms with Crippen LogP contribution in [0.3, 0.4) is 0 Å². The highest BCUT2D eigenvalue weighted by atomic mass is 32.2. The predicted molar refractivity (Wildman–Crippen MR) is 158 cm³/mol. The van der Waals surface area contributed by atoms with Crippen LogP contribution in [0.25, 0.3) is 5.57 Å².